The average molecular weight is 357 g/mol. The van der Waals surface area contributed by atoms with E-state index in [1.165, 1.54) is 4.57 Å². The number of hydrogen-bond acceptors (Lipinski definition) is 4. The molecule has 0 saturated heterocycles. The molecule has 1 aromatic heterocycles. The molecule has 3 rings (SSSR count). The van der Waals surface area contributed by atoms with Crippen LogP contribution in [0.25, 0.3) is 10.9 Å². The molecule has 1 N–H and O–H groups in total. The number of nitrogens with one attached hydrogen (secondary N) is 1. The normalized spacial score (nSPS) is 11.7. The molecule has 0 fully saturated rings. The van der Waals surface area contributed by atoms with Crippen molar-refractivity contribution in [1.29, 1.82) is 0 Å². The van der Waals surface area contributed by atoms with Crippen molar-refractivity contribution in [2.45, 2.75) is 13.0 Å². The second-order valence-electron chi connectivity index (χ2n) is 5.78. The van der Waals surface area contributed by atoms with E-state index in [0.717, 1.165) is 5.56 Å². The van der Waals surface area contributed by atoms with Crippen LogP contribution in [0, 0.1) is 0 Å². The van der Waals surface area contributed by atoms with Gasteiger partial charge in [-0.3, -0.25) is 9.36 Å². The second-order valence-corrected chi connectivity index (χ2v) is 7.71. The number of hydrogen-bond donors (Lipinski definition) is 1. The number of fused-ring (bicyclic) bond motifs is 1. The molecule has 130 valence electrons. The summed E-state index contributed by atoms with van der Waals surface area (Å²) in [5.74, 6) is 0.366. The van der Waals surface area contributed by atoms with Gasteiger partial charge in [-0.1, -0.05) is 42.5 Å². The van der Waals surface area contributed by atoms with Crippen LogP contribution in [0.3, 0.4) is 0 Å². The minimum Gasteiger partial charge on any atom is -0.298 e. The van der Waals surface area contributed by atoms with Gasteiger partial charge in [0, 0.05) is 7.05 Å². The third-order valence-corrected chi connectivity index (χ3v) is 5.35. The molecule has 0 unspecified atom stereocenters. The zero-order valence-electron chi connectivity index (χ0n) is 13.8. The maximum atomic E-state index is 12.3. The largest absolute Gasteiger partial charge is 0.298 e. The molecule has 25 heavy (non-hydrogen) atoms. The molecule has 0 aliphatic heterocycles. The molecule has 3 aromatic rings. The van der Waals surface area contributed by atoms with Crippen molar-refractivity contribution in [3.8, 4) is 0 Å². The third kappa shape index (κ3) is 4.12. The maximum Gasteiger partial charge on any atom is 0.261 e. The van der Waals surface area contributed by atoms with E-state index in [-0.39, 0.29) is 17.9 Å². The molecule has 0 aliphatic rings. The van der Waals surface area contributed by atoms with Gasteiger partial charge in [-0.2, -0.15) is 0 Å². The van der Waals surface area contributed by atoms with Crippen molar-refractivity contribution < 1.29 is 8.42 Å². The molecule has 0 spiro atoms. The van der Waals surface area contributed by atoms with Gasteiger partial charge in [-0.15, -0.1) is 0 Å². The van der Waals surface area contributed by atoms with Crippen molar-refractivity contribution >= 4 is 20.9 Å². The van der Waals surface area contributed by atoms with E-state index < -0.39 is 10.0 Å². The summed E-state index contributed by atoms with van der Waals surface area (Å²) in [5, 5.41) is 0.515. The van der Waals surface area contributed by atoms with Crippen molar-refractivity contribution in [3.05, 3.63) is 76.3 Å². The highest BCUT2D eigenvalue weighted by Crippen LogP contribution is 2.07. The summed E-state index contributed by atoms with van der Waals surface area (Å²) in [5.41, 5.74) is 1.33. The zero-order valence-corrected chi connectivity index (χ0v) is 14.7. The lowest BCUT2D eigenvalue weighted by atomic mass is 10.2. The Morgan fingerprint density at radius 3 is 2.48 bits per heavy atom. The summed E-state index contributed by atoms with van der Waals surface area (Å²) >= 11 is 0. The number of rotatable bonds is 6. The van der Waals surface area contributed by atoms with Crippen LogP contribution >= 0.6 is 0 Å². The van der Waals surface area contributed by atoms with E-state index in [9.17, 15) is 13.2 Å². The van der Waals surface area contributed by atoms with Crippen LogP contribution in [-0.4, -0.2) is 23.7 Å². The summed E-state index contributed by atoms with van der Waals surface area (Å²) in [6.07, 6.45) is 0.431. The Hall–Kier alpha value is -2.51. The fourth-order valence-electron chi connectivity index (χ4n) is 2.57. The second kappa shape index (κ2) is 7.16. The van der Waals surface area contributed by atoms with Crippen LogP contribution in [0.4, 0.5) is 0 Å². The Bertz CT molecular complexity index is 1040. The number of benzene rings is 2. The van der Waals surface area contributed by atoms with E-state index in [2.05, 4.69) is 9.71 Å². The predicted octanol–water partition coefficient (Wildman–Crippen LogP) is 1.60. The van der Waals surface area contributed by atoms with Gasteiger partial charge in [-0.25, -0.2) is 18.1 Å². The van der Waals surface area contributed by atoms with Gasteiger partial charge in [0.2, 0.25) is 10.0 Å². The molecule has 0 bridgehead atoms. The summed E-state index contributed by atoms with van der Waals surface area (Å²) in [7, 11) is -1.87. The molecule has 0 aliphatic carbocycles. The van der Waals surface area contributed by atoms with Crippen molar-refractivity contribution in [2.75, 3.05) is 5.75 Å². The highest BCUT2D eigenvalue weighted by Gasteiger charge is 2.13. The minimum atomic E-state index is -3.47. The molecule has 0 amide bonds. The lowest BCUT2D eigenvalue weighted by Crippen LogP contribution is -2.31. The fourth-order valence-corrected chi connectivity index (χ4v) is 3.56. The summed E-state index contributed by atoms with van der Waals surface area (Å²) in [4.78, 5) is 16.7. The molecule has 0 atom stereocenters. The lowest BCUT2D eigenvalue weighted by molar-refractivity contribution is 0.575. The Kier molecular flexibility index (Phi) is 4.96. The highest BCUT2D eigenvalue weighted by molar-refractivity contribution is 7.89. The van der Waals surface area contributed by atoms with E-state index >= 15 is 0 Å². The van der Waals surface area contributed by atoms with Gasteiger partial charge in [0.05, 0.1) is 23.2 Å². The van der Waals surface area contributed by atoms with Gasteiger partial charge in [-0.05, 0) is 24.1 Å². The molecule has 0 saturated carbocycles. The first-order valence-corrected chi connectivity index (χ1v) is 9.57. The molecule has 1 heterocycles. The number of para-hydroxylation sites is 1. The molecule has 6 nitrogen and oxygen atoms in total. The smallest absolute Gasteiger partial charge is 0.261 e. The van der Waals surface area contributed by atoms with Gasteiger partial charge >= 0.3 is 0 Å². The number of aromatic nitrogens is 2. The van der Waals surface area contributed by atoms with Crippen LogP contribution < -0.4 is 10.3 Å². The lowest BCUT2D eigenvalue weighted by Gasteiger charge is -2.11. The maximum absolute atomic E-state index is 12.3. The van der Waals surface area contributed by atoms with Gasteiger partial charge in [0.25, 0.3) is 5.56 Å². The summed E-state index contributed by atoms with van der Waals surface area (Å²) in [6, 6.07) is 16.5. The van der Waals surface area contributed by atoms with E-state index in [4.69, 9.17) is 0 Å². The first-order valence-electron chi connectivity index (χ1n) is 7.92. The van der Waals surface area contributed by atoms with Gasteiger partial charge < -0.3 is 0 Å². The van der Waals surface area contributed by atoms with Crippen molar-refractivity contribution in [2.24, 2.45) is 7.05 Å². The Morgan fingerprint density at radius 2 is 1.72 bits per heavy atom. The molecule has 0 radical (unpaired) electrons. The third-order valence-electron chi connectivity index (χ3n) is 4.03. The van der Waals surface area contributed by atoms with Crippen LogP contribution in [0.1, 0.15) is 11.4 Å². The first-order chi connectivity index (χ1) is 12.0. The van der Waals surface area contributed by atoms with Gasteiger partial charge in [0.15, 0.2) is 0 Å². The van der Waals surface area contributed by atoms with Crippen LogP contribution in [0.15, 0.2) is 59.4 Å². The van der Waals surface area contributed by atoms with E-state index in [1.807, 2.05) is 30.3 Å². The summed E-state index contributed by atoms with van der Waals surface area (Å²) < 4.78 is 28.3. The highest BCUT2D eigenvalue weighted by atomic mass is 32.2. The monoisotopic (exact) mass is 357 g/mol. The van der Waals surface area contributed by atoms with Crippen molar-refractivity contribution in [3.63, 3.8) is 0 Å². The SMILES string of the molecule is Cn1c(CNS(=O)(=O)CCc2ccccc2)nc2ccccc2c1=O. The van der Waals surface area contributed by atoms with Crippen LogP contribution in [0.5, 0.6) is 0 Å². The average Bonchev–Trinajstić information content (AvgIpc) is 2.63. The summed E-state index contributed by atoms with van der Waals surface area (Å²) in [6.45, 7) is -0.0201. The van der Waals surface area contributed by atoms with Crippen molar-refractivity contribution in [1.82, 2.24) is 14.3 Å². The predicted molar refractivity (Wildman–Crippen MR) is 97.8 cm³/mol. The fraction of sp³-hybridized carbons (Fsp3) is 0.222. The molecular formula is C18H19N3O3S. The number of sulfonamides is 1. The topological polar surface area (TPSA) is 81.1 Å². The molecule has 7 heteroatoms. The minimum absolute atomic E-state index is 0.0153. The van der Waals surface area contributed by atoms with Gasteiger partial charge in [0.1, 0.15) is 5.82 Å². The Balaban J connectivity index is 1.73. The first kappa shape index (κ1) is 17.3. The molecular weight excluding hydrogens is 338 g/mol. The number of nitrogens with zero attached hydrogens (tertiary/aromatic N) is 2. The zero-order chi connectivity index (χ0) is 17.9. The molecule has 2 aromatic carbocycles. The number of aryl methyl sites for hydroxylation is 1. The van der Waals surface area contributed by atoms with E-state index in [0.29, 0.717) is 23.1 Å². The van der Waals surface area contributed by atoms with Crippen LogP contribution in [-0.2, 0) is 30.0 Å². The van der Waals surface area contributed by atoms with Crippen LogP contribution in [0.2, 0.25) is 0 Å². The Morgan fingerprint density at radius 1 is 1.04 bits per heavy atom. The standard InChI is InChI=1S/C18H19N3O3S/c1-21-17(20-16-10-6-5-9-15(16)18(21)22)13-19-25(23,24)12-11-14-7-3-2-4-8-14/h2-10,19H,11-13H2,1H3. The quantitative estimate of drug-likeness (QED) is 0.726. The Labute approximate surface area is 146 Å². The van der Waals surface area contributed by atoms with E-state index in [1.54, 1.807) is 31.3 Å².